The molecule has 0 saturated heterocycles. The summed E-state index contributed by atoms with van der Waals surface area (Å²) in [7, 11) is 0. The maximum atomic E-state index is 6.05. The number of rotatable bonds is 3. The monoisotopic (exact) mass is 305 g/mol. The van der Waals surface area contributed by atoms with Gasteiger partial charge in [0.15, 0.2) is 5.96 Å². The summed E-state index contributed by atoms with van der Waals surface area (Å²) in [6.45, 7) is 5.05. The van der Waals surface area contributed by atoms with Gasteiger partial charge >= 0.3 is 0 Å². The molecule has 4 rings (SSSR count). The number of guanidine groups is 1. The average molecular weight is 305 g/mol. The third-order valence-corrected chi connectivity index (χ3v) is 5.45. The van der Waals surface area contributed by atoms with E-state index in [9.17, 15) is 0 Å². The molecule has 0 aliphatic heterocycles. The molecule has 0 bridgehead atoms. The number of aryl methyl sites for hydroxylation is 2. The third-order valence-electron chi connectivity index (χ3n) is 5.45. The van der Waals surface area contributed by atoms with Crippen LogP contribution in [0.15, 0.2) is 47.5 Å². The molecule has 2 aromatic rings. The molecule has 23 heavy (non-hydrogen) atoms. The lowest BCUT2D eigenvalue weighted by Gasteiger charge is -2.09. The Balaban J connectivity index is 1.38. The van der Waals surface area contributed by atoms with Crippen LogP contribution < -0.4 is 11.1 Å². The third kappa shape index (κ3) is 2.61. The van der Waals surface area contributed by atoms with Gasteiger partial charge in [-0.3, -0.25) is 4.99 Å². The van der Waals surface area contributed by atoms with Gasteiger partial charge in [0.25, 0.3) is 0 Å². The van der Waals surface area contributed by atoms with E-state index < -0.39 is 0 Å². The molecule has 3 N–H and O–H groups in total. The zero-order valence-corrected chi connectivity index (χ0v) is 13.7. The van der Waals surface area contributed by atoms with Gasteiger partial charge in [0.05, 0.1) is 0 Å². The van der Waals surface area contributed by atoms with Gasteiger partial charge in [0, 0.05) is 12.2 Å². The molecule has 3 nitrogen and oxygen atoms in total. The Morgan fingerprint density at radius 2 is 2.00 bits per heavy atom. The summed E-state index contributed by atoms with van der Waals surface area (Å²) >= 11 is 0. The van der Waals surface area contributed by atoms with Gasteiger partial charge in [-0.25, -0.2) is 0 Å². The highest BCUT2D eigenvalue weighted by Crippen LogP contribution is 2.61. The molecule has 0 amide bonds. The first-order valence-corrected chi connectivity index (χ1v) is 8.35. The van der Waals surface area contributed by atoms with E-state index in [1.165, 1.54) is 23.1 Å². The second kappa shape index (κ2) is 5.41. The first-order valence-electron chi connectivity index (χ1n) is 8.35. The van der Waals surface area contributed by atoms with Crippen LogP contribution in [-0.2, 0) is 6.42 Å². The second-order valence-corrected chi connectivity index (χ2v) is 6.91. The normalized spacial score (nSPS) is 25.0. The SMILES string of the molecule is Cc1ccc(NC(N)=NCC2C3Cc4ccccc4C23)cc1C. The van der Waals surface area contributed by atoms with Crippen molar-refractivity contribution in [3.63, 3.8) is 0 Å². The van der Waals surface area contributed by atoms with E-state index >= 15 is 0 Å². The van der Waals surface area contributed by atoms with Crippen molar-refractivity contribution in [1.82, 2.24) is 0 Å². The van der Waals surface area contributed by atoms with Crippen LogP contribution in [-0.4, -0.2) is 12.5 Å². The van der Waals surface area contributed by atoms with Crippen LogP contribution in [0.5, 0.6) is 0 Å². The maximum Gasteiger partial charge on any atom is 0.193 e. The van der Waals surface area contributed by atoms with Gasteiger partial charge in [-0.05, 0) is 72.4 Å². The molecule has 118 valence electrons. The molecule has 2 aromatic carbocycles. The van der Waals surface area contributed by atoms with Gasteiger partial charge in [0.1, 0.15) is 0 Å². The fraction of sp³-hybridized carbons (Fsp3) is 0.350. The number of anilines is 1. The molecule has 2 aliphatic carbocycles. The van der Waals surface area contributed by atoms with E-state index in [0.29, 0.717) is 17.8 Å². The van der Waals surface area contributed by atoms with E-state index in [1.807, 2.05) is 6.07 Å². The molecule has 0 spiro atoms. The highest BCUT2D eigenvalue weighted by Gasteiger charge is 2.54. The van der Waals surface area contributed by atoms with E-state index in [-0.39, 0.29) is 0 Å². The Morgan fingerprint density at radius 1 is 1.17 bits per heavy atom. The molecule has 0 heterocycles. The summed E-state index contributed by atoms with van der Waals surface area (Å²) in [6.07, 6.45) is 1.21. The predicted octanol–water partition coefficient (Wildman–Crippen LogP) is 3.62. The van der Waals surface area contributed by atoms with Gasteiger partial charge in [0.2, 0.25) is 0 Å². The number of nitrogens with zero attached hydrogens (tertiary/aromatic N) is 1. The van der Waals surface area contributed by atoms with Gasteiger partial charge < -0.3 is 11.1 Å². The average Bonchev–Trinajstić information content (AvgIpc) is 3.08. The fourth-order valence-electron chi connectivity index (χ4n) is 3.94. The maximum absolute atomic E-state index is 6.05. The largest absolute Gasteiger partial charge is 0.370 e. The van der Waals surface area contributed by atoms with Crippen molar-refractivity contribution in [2.45, 2.75) is 26.2 Å². The minimum absolute atomic E-state index is 0.520. The molecular formula is C20H23N3. The van der Waals surface area contributed by atoms with E-state index in [4.69, 9.17) is 5.73 Å². The lowest BCUT2D eigenvalue weighted by molar-refractivity contribution is 0.701. The summed E-state index contributed by atoms with van der Waals surface area (Å²) < 4.78 is 0. The van der Waals surface area contributed by atoms with Crippen LogP contribution >= 0.6 is 0 Å². The smallest absolute Gasteiger partial charge is 0.193 e. The van der Waals surface area contributed by atoms with E-state index in [2.05, 4.69) is 60.6 Å². The Labute approximate surface area is 137 Å². The quantitative estimate of drug-likeness (QED) is 0.672. The lowest BCUT2D eigenvalue weighted by Crippen LogP contribution is -2.23. The van der Waals surface area contributed by atoms with Crippen LogP contribution in [0.1, 0.15) is 28.2 Å². The summed E-state index contributed by atoms with van der Waals surface area (Å²) in [4.78, 5) is 4.57. The minimum atomic E-state index is 0.520. The predicted molar refractivity (Wildman–Crippen MR) is 95.9 cm³/mol. The number of hydrogen-bond acceptors (Lipinski definition) is 1. The van der Waals surface area contributed by atoms with Gasteiger partial charge in [-0.1, -0.05) is 30.3 Å². The number of nitrogens with one attached hydrogen (secondary N) is 1. The van der Waals surface area contributed by atoms with Crippen LogP contribution in [0.25, 0.3) is 0 Å². The van der Waals surface area contributed by atoms with Crippen LogP contribution in [0.3, 0.4) is 0 Å². The number of aliphatic imine (C=N–C) groups is 1. The molecule has 1 fully saturated rings. The van der Waals surface area contributed by atoms with Crippen LogP contribution in [0, 0.1) is 25.7 Å². The Morgan fingerprint density at radius 3 is 2.83 bits per heavy atom. The van der Waals surface area contributed by atoms with Gasteiger partial charge in [-0.15, -0.1) is 0 Å². The summed E-state index contributed by atoms with van der Waals surface area (Å²) in [5.74, 6) is 2.69. The number of hydrogen-bond donors (Lipinski definition) is 2. The minimum Gasteiger partial charge on any atom is -0.370 e. The van der Waals surface area contributed by atoms with Crippen molar-refractivity contribution >= 4 is 11.6 Å². The highest BCUT2D eigenvalue weighted by atomic mass is 15.1. The molecule has 3 atom stereocenters. The summed E-state index contributed by atoms with van der Waals surface area (Å²) in [6, 6.07) is 15.1. The van der Waals surface area contributed by atoms with Crippen molar-refractivity contribution in [2.75, 3.05) is 11.9 Å². The van der Waals surface area contributed by atoms with Crippen molar-refractivity contribution < 1.29 is 0 Å². The second-order valence-electron chi connectivity index (χ2n) is 6.91. The van der Waals surface area contributed by atoms with Crippen LogP contribution in [0.2, 0.25) is 0 Å². The van der Waals surface area contributed by atoms with E-state index in [0.717, 1.165) is 18.2 Å². The highest BCUT2D eigenvalue weighted by molar-refractivity contribution is 5.92. The number of benzene rings is 2. The summed E-state index contributed by atoms with van der Waals surface area (Å²) in [5.41, 5.74) is 12.7. The summed E-state index contributed by atoms with van der Waals surface area (Å²) in [5, 5.41) is 3.21. The zero-order valence-electron chi connectivity index (χ0n) is 13.7. The molecule has 2 aliphatic rings. The molecule has 0 radical (unpaired) electrons. The molecule has 1 saturated carbocycles. The lowest BCUT2D eigenvalue weighted by atomic mass is 10.0. The number of fused-ring (bicyclic) bond motifs is 3. The van der Waals surface area contributed by atoms with Crippen molar-refractivity contribution in [3.05, 3.63) is 64.7 Å². The molecular weight excluding hydrogens is 282 g/mol. The Hall–Kier alpha value is -2.29. The van der Waals surface area contributed by atoms with Crippen molar-refractivity contribution in [1.29, 1.82) is 0 Å². The Bertz CT molecular complexity index is 778. The van der Waals surface area contributed by atoms with Crippen LogP contribution in [0.4, 0.5) is 5.69 Å². The Kier molecular flexibility index (Phi) is 3.37. The molecule has 0 aromatic heterocycles. The van der Waals surface area contributed by atoms with Crippen molar-refractivity contribution in [3.8, 4) is 0 Å². The number of nitrogens with two attached hydrogens (primary N) is 1. The fourth-order valence-corrected chi connectivity index (χ4v) is 3.94. The van der Waals surface area contributed by atoms with Gasteiger partial charge in [-0.2, -0.15) is 0 Å². The molecule has 3 heteroatoms. The standard InChI is InChI=1S/C20H23N3/c1-12-7-8-15(9-13(12)2)23-20(21)22-11-18-17-10-14-5-3-4-6-16(14)19(17)18/h3-9,17-19H,10-11H2,1-2H3,(H3,21,22,23). The zero-order chi connectivity index (χ0) is 16.0. The first-order chi connectivity index (χ1) is 11.1. The first kappa shape index (κ1) is 14.3. The topological polar surface area (TPSA) is 50.4 Å². The van der Waals surface area contributed by atoms with E-state index in [1.54, 1.807) is 5.56 Å². The van der Waals surface area contributed by atoms with Crippen molar-refractivity contribution in [2.24, 2.45) is 22.6 Å². The molecule has 3 unspecified atom stereocenters.